The molecule has 5 nitrogen and oxygen atoms in total. The van der Waals surface area contributed by atoms with E-state index in [1.165, 1.54) is 0 Å². The van der Waals surface area contributed by atoms with Crippen molar-refractivity contribution in [3.05, 3.63) is 71.9 Å². The Labute approximate surface area is 151 Å². The predicted molar refractivity (Wildman–Crippen MR) is 100 cm³/mol. The Kier molecular flexibility index (Phi) is 4.35. The van der Waals surface area contributed by atoms with Gasteiger partial charge < -0.3 is 5.32 Å². The molecule has 3 aromatic rings. The van der Waals surface area contributed by atoms with E-state index >= 15 is 0 Å². The molecule has 5 heteroatoms. The molecule has 4 rings (SSSR count). The number of anilines is 1. The molecule has 1 aliphatic heterocycles. The summed E-state index contributed by atoms with van der Waals surface area (Å²) in [5, 5.41) is 6.90. The number of carbonyl (C=O) groups excluding carboxylic acids is 2. The van der Waals surface area contributed by atoms with E-state index in [1.807, 2.05) is 42.6 Å². The topological polar surface area (TPSA) is 71.1 Å². The monoisotopic (exact) mass is 345 g/mol. The van der Waals surface area contributed by atoms with Crippen LogP contribution in [0, 0.1) is 5.92 Å². The normalized spacial score (nSPS) is 16.7. The fourth-order valence-electron chi connectivity index (χ4n) is 3.32. The first-order chi connectivity index (χ1) is 12.7. The number of nitrogens with zero attached hydrogens (tertiary/aromatic N) is 1. The minimum atomic E-state index is -0.247. The molecule has 1 fully saturated rings. The Bertz CT molecular complexity index is 961. The lowest BCUT2D eigenvalue weighted by Gasteiger charge is -2.10. The van der Waals surface area contributed by atoms with Crippen molar-refractivity contribution in [2.45, 2.75) is 19.4 Å². The Hall–Kier alpha value is -3.21. The quantitative estimate of drug-likeness (QED) is 0.697. The summed E-state index contributed by atoms with van der Waals surface area (Å²) in [4.78, 5) is 27.4. The van der Waals surface area contributed by atoms with Gasteiger partial charge >= 0.3 is 0 Å². The smallest absolute Gasteiger partial charge is 0.230 e. The highest BCUT2D eigenvalue weighted by molar-refractivity contribution is 6.03. The summed E-state index contributed by atoms with van der Waals surface area (Å²) in [6.07, 6.45) is 2.68. The van der Waals surface area contributed by atoms with E-state index in [4.69, 9.17) is 0 Å². The van der Waals surface area contributed by atoms with Crippen LogP contribution in [0.1, 0.15) is 17.5 Å². The van der Waals surface area contributed by atoms with E-state index in [2.05, 4.69) is 33.8 Å². The van der Waals surface area contributed by atoms with Gasteiger partial charge in [-0.15, -0.1) is 0 Å². The maximum atomic E-state index is 11.7. The van der Waals surface area contributed by atoms with Crippen LogP contribution in [0.15, 0.2) is 60.8 Å². The summed E-state index contributed by atoms with van der Waals surface area (Å²) < 4.78 is 0. The fraction of sp³-hybridized carbons (Fsp3) is 0.190. The number of carbonyl (C=O) groups is 2. The van der Waals surface area contributed by atoms with Crippen molar-refractivity contribution >= 4 is 28.4 Å². The first kappa shape index (κ1) is 16.3. The van der Waals surface area contributed by atoms with Crippen LogP contribution in [-0.2, 0) is 22.6 Å². The molecule has 0 saturated carbocycles. The van der Waals surface area contributed by atoms with Crippen LogP contribution in [0.2, 0.25) is 0 Å². The molecule has 1 aromatic heterocycles. The summed E-state index contributed by atoms with van der Waals surface area (Å²) in [5.74, 6) is -0.592. The second kappa shape index (κ2) is 6.96. The lowest BCUT2D eigenvalue weighted by Crippen LogP contribution is -2.22. The second-order valence-electron chi connectivity index (χ2n) is 6.56. The standard InChI is InChI=1S/C21H19N3O2/c25-19-12-17(21(26)24-19)11-14-6-8-18(9-7-14)23-13-16-4-1-3-15-5-2-10-22-20(15)16/h1-10,17,23H,11-13H2,(H,24,25,26)/t17-/m0/s1. The van der Waals surface area contributed by atoms with Gasteiger partial charge in [-0.25, -0.2) is 0 Å². The van der Waals surface area contributed by atoms with Crippen LogP contribution in [0.5, 0.6) is 0 Å². The van der Waals surface area contributed by atoms with E-state index in [-0.39, 0.29) is 24.2 Å². The van der Waals surface area contributed by atoms with Crippen LogP contribution < -0.4 is 10.6 Å². The molecule has 2 heterocycles. The Morgan fingerprint density at radius 3 is 2.62 bits per heavy atom. The summed E-state index contributed by atoms with van der Waals surface area (Å²) in [5.41, 5.74) is 4.22. The molecular formula is C21H19N3O2. The number of hydrogen-bond acceptors (Lipinski definition) is 4. The largest absolute Gasteiger partial charge is 0.381 e. The minimum Gasteiger partial charge on any atom is -0.381 e. The van der Waals surface area contributed by atoms with Gasteiger partial charge in [-0.05, 0) is 35.7 Å². The molecule has 26 heavy (non-hydrogen) atoms. The summed E-state index contributed by atoms with van der Waals surface area (Å²) in [7, 11) is 0. The highest BCUT2D eigenvalue weighted by atomic mass is 16.2. The van der Waals surface area contributed by atoms with Gasteiger partial charge in [0.15, 0.2) is 0 Å². The molecule has 2 aromatic carbocycles. The molecule has 2 N–H and O–H groups in total. The van der Waals surface area contributed by atoms with Crippen molar-refractivity contribution in [3.8, 4) is 0 Å². The maximum absolute atomic E-state index is 11.7. The fourth-order valence-corrected chi connectivity index (χ4v) is 3.32. The van der Waals surface area contributed by atoms with Crippen LogP contribution in [-0.4, -0.2) is 16.8 Å². The average molecular weight is 345 g/mol. The third-order valence-corrected chi connectivity index (χ3v) is 4.70. The molecule has 0 radical (unpaired) electrons. The Morgan fingerprint density at radius 2 is 1.85 bits per heavy atom. The molecule has 0 bridgehead atoms. The van der Waals surface area contributed by atoms with Crippen LogP contribution in [0.4, 0.5) is 5.69 Å². The lowest BCUT2D eigenvalue weighted by molar-refractivity contribution is -0.125. The van der Waals surface area contributed by atoms with E-state index < -0.39 is 0 Å². The lowest BCUT2D eigenvalue weighted by atomic mass is 9.98. The van der Waals surface area contributed by atoms with Gasteiger partial charge in [0.1, 0.15) is 0 Å². The zero-order chi connectivity index (χ0) is 17.9. The van der Waals surface area contributed by atoms with Crippen molar-refractivity contribution in [3.63, 3.8) is 0 Å². The van der Waals surface area contributed by atoms with E-state index in [0.717, 1.165) is 27.7 Å². The number of nitrogens with one attached hydrogen (secondary N) is 2. The van der Waals surface area contributed by atoms with E-state index in [1.54, 1.807) is 0 Å². The number of benzene rings is 2. The van der Waals surface area contributed by atoms with Gasteiger partial charge in [-0.3, -0.25) is 19.9 Å². The predicted octanol–water partition coefficient (Wildman–Crippen LogP) is 3.05. The molecule has 1 saturated heterocycles. The van der Waals surface area contributed by atoms with E-state index in [0.29, 0.717) is 13.0 Å². The molecule has 130 valence electrons. The molecule has 1 aliphatic rings. The first-order valence-corrected chi connectivity index (χ1v) is 8.68. The van der Waals surface area contributed by atoms with Crippen molar-refractivity contribution in [2.24, 2.45) is 5.92 Å². The van der Waals surface area contributed by atoms with Gasteiger partial charge in [0.05, 0.1) is 11.4 Å². The van der Waals surface area contributed by atoms with E-state index in [9.17, 15) is 9.59 Å². The van der Waals surface area contributed by atoms with Crippen LogP contribution in [0.3, 0.4) is 0 Å². The van der Waals surface area contributed by atoms with Gasteiger partial charge in [0.25, 0.3) is 0 Å². The molecule has 0 spiro atoms. The highest BCUT2D eigenvalue weighted by Crippen LogP contribution is 2.20. The number of hydrogen-bond donors (Lipinski definition) is 2. The number of fused-ring (bicyclic) bond motifs is 1. The molecule has 0 aliphatic carbocycles. The van der Waals surface area contributed by atoms with Gasteiger partial charge in [0.2, 0.25) is 11.8 Å². The number of amides is 2. The van der Waals surface area contributed by atoms with Crippen LogP contribution >= 0.6 is 0 Å². The van der Waals surface area contributed by atoms with Crippen molar-refractivity contribution < 1.29 is 9.59 Å². The van der Waals surface area contributed by atoms with Gasteiger partial charge in [-0.1, -0.05) is 36.4 Å². The number of para-hydroxylation sites is 1. The Morgan fingerprint density at radius 1 is 1.04 bits per heavy atom. The number of pyridine rings is 1. The number of rotatable bonds is 5. The molecular weight excluding hydrogens is 326 g/mol. The maximum Gasteiger partial charge on any atom is 0.230 e. The van der Waals surface area contributed by atoms with Gasteiger partial charge in [0, 0.05) is 30.2 Å². The summed E-state index contributed by atoms with van der Waals surface area (Å²) >= 11 is 0. The SMILES string of the molecule is O=C1C[C@H](Cc2ccc(NCc3cccc4cccnc34)cc2)C(=O)N1. The third-order valence-electron chi connectivity index (χ3n) is 4.70. The zero-order valence-corrected chi connectivity index (χ0v) is 14.2. The first-order valence-electron chi connectivity index (χ1n) is 8.68. The third kappa shape index (κ3) is 3.42. The molecule has 0 unspecified atom stereocenters. The minimum absolute atomic E-state index is 0.166. The van der Waals surface area contributed by atoms with Crippen LogP contribution in [0.25, 0.3) is 10.9 Å². The average Bonchev–Trinajstić information content (AvgIpc) is 2.98. The summed E-state index contributed by atoms with van der Waals surface area (Å²) in [6.45, 7) is 0.688. The van der Waals surface area contributed by atoms with Crippen molar-refractivity contribution in [1.29, 1.82) is 0 Å². The number of aromatic nitrogens is 1. The molecule has 2 amide bonds. The van der Waals surface area contributed by atoms with Crippen molar-refractivity contribution in [1.82, 2.24) is 10.3 Å². The van der Waals surface area contributed by atoms with Gasteiger partial charge in [-0.2, -0.15) is 0 Å². The second-order valence-corrected chi connectivity index (χ2v) is 6.56. The van der Waals surface area contributed by atoms with Crippen molar-refractivity contribution in [2.75, 3.05) is 5.32 Å². The number of imide groups is 1. The summed E-state index contributed by atoms with van der Waals surface area (Å²) in [6, 6.07) is 18.2. The zero-order valence-electron chi connectivity index (χ0n) is 14.2. The highest BCUT2D eigenvalue weighted by Gasteiger charge is 2.30. The molecule has 1 atom stereocenters. The Balaban J connectivity index is 1.41.